The van der Waals surface area contributed by atoms with Gasteiger partial charge in [0, 0.05) is 6.42 Å². The third-order valence-electron chi connectivity index (χ3n) is 3.00. The summed E-state index contributed by atoms with van der Waals surface area (Å²) in [6.45, 7) is 2.09. The Balaban J connectivity index is 1.79. The molecular formula is C13H23NO2. The van der Waals surface area contributed by atoms with Crippen LogP contribution in [0, 0.1) is 0 Å². The molecule has 0 aromatic rings. The molecule has 1 aliphatic rings. The van der Waals surface area contributed by atoms with Crippen molar-refractivity contribution < 1.29 is 9.90 Å². The van der Waals surface area contributed by atoms with Gasteiger partial charge in [-0.15, -0.1) is 0 Å². The lowest BCUT2D eigenvalue weighted by Crippen LogP contribution is -2.17. The fourth-order valence-electron chi connectivity index (χ4n) is 2.04. The van der Waals surface area contributed by atoms with E-state index in [-0.39, 0.29) is 0 Å². The second-order valence-electron chi connectivity index (χ2n) is 4.46. The average molecular weight is 225 g/mol. The highest BCUT2D eigenvalue weighted by Gasteiger charge is 2.03. The van der Waals surface area contributed by atoms with E-state index < -0.39 is 5.97 Å². The first-order valence-electron chi connectivity index (χ1n) is 6.39. The molecule has 0 unspecified atom stereocenters. The maximum atomic E-state index is 10.3. The number of rotatable bonds is 9. The Morgan fingerprint density at radius 3 is 2.88 bits per heavy atom. The van der Waals surface area contributed by atoms with Crippen LogP contribution in [0.15, 0.2) is 11.6 Å². The van der Waals surface area contributed by atoms with Gasteiger partial charge in [-0.25, -0.2) is 0 Å². The zero-order chi connectivity index (χ0) is 11.6. The Hall–Kier alpha value is -0.830. The van der Waals surface area contributed by atoms with Crippen LogP contribution in [0.5, 0.6) is 0 Å². The first-order valence-corrected chi connectivity index (χ1v) is 6.39. The summed E-state index contributed by atoms with van der Waals surface area (Å²) in [6.07, 6.45) is 10.7. The second kappa shape index (κ2) is 8.34. The lowest BCUT2D eigenvalue weighted by atomic mass is 10.1. The molecule has 16 heavy (non-hydrogen) atoms. The molecule has 0 aromatic carbocycles. The molecular weight excluding hydrogens is 202 g/mol. The molecule has 0 aliphatic heterocycles. The van der Waals surface area contributed by atoms with Crippen molar-refractivity contribution >= 4 is 5.97 Å². The highest BCUT2D eigenvalue weighted by Crippen LogP contribution is 2.19. The van der Waals surface area contributed by atoms with Crippen LogP contribution in [0.25, 0.3) is 0 Å². The van der Waals surface area contributed by atoms with E-state index in [1.807, 2.05) is 0 Å². The van der Waals surface area contributed by atoms with Crippen molar-refractivity contribution in [2.45, 2.75) is 51.4 Å². The van der Waals surface area contributed by atoms with E-state index in [0.29, 0.717) is 6.42 Å². The third kappa shape index (κ3) is 6.62. The van der Waals surface area contributed by atoms with Gasteiger partial charge in [-0.1, -0.05) is 18.1 Å². The zero-order valence-corrected chi connectivity index (χ0v) is 10.0. The molecule has 0 atom stereocenters. The summed E-state index contributed by atoms with van der Waals surface area (Å²) in [4.78, 5) is 10.3. The van der Waals surface area contributed by atoms with E-state index >= 15 is 0 Å². The van der Waals surface area contributed by atoms with Gasteiger partial charge < -0.3 is 10.4 Å². The number of unbranched alkanes of at least 4 members (excludes halogenated alkanes) is 2. The molecule has 0 heterocycles. The number of allylic oxidation sites excluding steroid dienone is 1. The van der Waals surface area contributed by atoms with Crippen LogP contribution in [0.2, 0.25) is 0 Å². The molecule has 1 aliphatic carbocycles. The second-order valence-corrected chi connectivity index (χ2v) is 4.46. The van der Waals surface area contributed by atoms with Crippen molar-refractivity contribution in [3.05, 3.63) is 11.6 Å². The van der Waals surface area contributed by atoms with Crippen molar-refractivity contribution in [1.82, 2.24) is 5.32 Å². The first kappa shape index (κ1) is 13.2. The smallest absolute Gasteiger partial charge is 0.303 e. The normalized spacial score (nSPS) is 15.1. The first-order chi connectivity index (χ1) is 7.79. The van der Waals surface area contributed by atoms with Gasteiger partial charge in [-0.05, 0) is 51.6 Å². The summed E-state index contributed by atoms with van der Waals surface area (Å²) in [6, 6.07) is 0. The fraction of sp³-hybridized carbons (Fsp3) is 0.769. The summed E-state index contributed by atoms with van der Waals surface area (Å²) >= 11 is 0. The predicted molar refractivity (Wildman–Crippen MR) is 65.5 cm³/mol. The molecule has 1 rings (SSSR count). The minimum absolute atomic E-state index is 0.312. The van der Waals surface area contributed by atoms with Crippen LogP contribution >= 0.6 is 0 Å². The molecule has 0 bridgehead atoms. The number of carboxylic acids is 1. The standard InChI is InChI=1S/C13H23NO2/c15-13(16)8-2-1-5-10-14-11-9-12-6-3-4-7-12/h6,14H,1-5,7-11H2,(H,15,16). The summed E-state index contributed by atoms with van der Waals surface area (Å²) in [5, 5.41) is 11.9. The summed E-state index contributed by atoms with van der Waals surface area (Å²) in [5.41, 5.74) is 1.61. The van der Waals surface area contributed by atoms with E-state index in [1.54, 1.807) is 5.57 Å². The maximum Gasteiger partial charge on any atom is 0.303 e. The molecule has 3 nitrogen and oxygen atoms in total. The van der Waals surface area contributed by atoms with Crippen molar-refractivity contribution in [2.24, 2.45) is 0 Å². The van der Waals surface area contributed by atoms with Gasteiger partial charge in [-0.2, -0.15) is 0 Å². The molecule has 0 fully saturated rings. The highest BCUT2D eigenvalue weighted by atomic mass is 16.4. The lowest BCUT2D eigenvalue weighted by Gasteiger charge is -2.05. The van der Waals surface area contributed by atoms with Crippen molar-refractivity contribution in [3.63, 3.8) is 0 Å². The summed E-state index contributed by atoms with van der Waals surface area (Å²) < 4.78 is 0. The molecule has 0 aromatic heterocycles. The van der Waals surface area contributed by atoms with E-state index in [9.17, 15) is 4.79 Å². The third-order valence-corrected chi connectivity index (χ3v) is 3.00. The fourth-order valence-corrected chi connectivity index (χ4v) is 2.04. The minimum atomic E-state index is -0.680. The molecule has 0 saturated carbocycles. The summed E-state index contributed by atoms with van der Waals surface area (Å²) in [7, 11) is 0. The maximum absolute atomic E-state index is 10.3. The Kier molecular flexibility index (Phi) is 6.90. The van der Waals surface area contributed by atoms with Gasteiger partial charge in [0.1, 0.15) is 0 Å². The van der Waals surface area contributed by atoms with Crippen LogP contribution < -0.4 is 5.32 Å². The van der Waals surface area contributed by atoms with Gasteiger partial charge >= 0.3 is 5.97 Å². The van der Waals surface area contributed by atoms with Crippen LogP contribution in [-0.4, -0.2) is 24.2 Å². The summed E-state index contributed by atoms with van der Waals surface area (Å²) in [5.74, 6) is -0.680. The molecule has 2 N–H and O–H groups in total. The van der Waals surface area contributed by atoms with Gasteiger partial charge in [0.25, 0.3) is 0 Å². The van der Waals surface area contributed by atoms with Crippen LogP contribution in [0.3, 0.4) is 0 Å². The van der Waals surface area contributed by atoms with Gasteiger partial charge in [0.15, 0.2) is 0 Å². The van der Waals surface area contributed by atoms with Crippen molar-refractivity contribution in [1.29, 1.82) is 0 Å². The molecule has 0 spiro atoms. The van der Waals surface area contributed by atoms with E-state index in [1.165, 1.54) is 25.7 Å². The van der Waals surface area contributed by atoms with E-state index in [0.717, 1.165) is 32.4 Å². The van der Waals surface area contributed by atoms with Crippen LogP contribution in [-0.2, 0) is 4.79 Å². The monoisotopic (exact) mass is 225 g/mol. The number of nitrogens with one attached hydrogen (secondary N) is 1. The Labute approximate surface area is 97.9 Å². The molecule has 0 amide bonds. The number of carbonyl (C=O) groups is 1. The topological polar surface area (TPSA) is 49.3 Å². The van der Waals surface area contributed by atoms with E-state index in [2.05, 4.69) is 11.4 Å². The number of hydrogen-bond acceptors (Lipinski definition) is 2. The SMILES string of the molecule is O=C(O)CCCCCNCCC1=CCCC1. The molecule has 0 saturated heterocycles. The predicted octanol–water partition coefficient (Wildman–Crippen LogP) is 2.72. The van der Waals surface area contributed by atoms with Crippen LogP contribution in [0.4, 0.5) is 0 Å². The van der Waals surface area contributed by atoms with Gasteiger partial charge in [0.05, 0.1) is 0 Å². The average Bonchev–Trinajstić information content (AvgIpc) is 2.74. The quantitative estimate of drug-likeness (QED) is 0.468. The number of aliphatic carboxylic acids is 1. The largest absolute Gasteiger partial charge is 0.481 e. The number of carboxylic acid groups (broad SMARTS) is 1. The molecule has 92 valence electrons. The Morgan fingerprint density at radius 1 is 1.31 bits per heavy atom. The Bertz CT molecular complexity index is 236. The van der Waals surface area contributed by atoms with Crippen molar-refractivity contribution in [2.75, 3.05) is 13.1 Å². The van der Waals surface area contributed by atoms with E-state index in [4.69, 9.17) is 5.11 Å². The minimum Gasteiger partial charge on any atom is -0.481 e. The Morgan fingerprint density at radius 2 is 2.19 bits per heavy atom. The molecule has 3 heteroatoms. The van der Waals surface area contributed by atoms with Crippen LogP contribution in [0.1, 0.15) is 51.4 Å². The van der Waals surface area contributed by atoms with Gasteiger partial charge in [0.2, 0.25) is 0 Å². The lowest BCUT2D eigenvalue weighted by molar-refractivity contribution is -0.137. The van der Waals surface area contributed by atoms with Crippen molar-refractivity contribution in [3.8, 4) is 0 Å². The van der Waals surface area contributed by atoms with Gasteiger partial charge in [-0.3, -0.25) is 4.79 Å². The highest BCUT2D eigenvalue weighted by molar-refractivity contribution is 5.66. The zero-order valence-electron chi connectivity index (χ0n) is 10.0. The molecule has 0 radical (unpaired) electrons. The number of hydrogen-bond donors (Lipinski definition) is 2.